The number of Topliss-reactive ketones (excluding diaryl/α,β-unsaturated/α-hetero) is 1. The maximum absolute atomic E-state index is 13.5. The van der Waals surface area contributed by atoms with Gasteiger partial charge < -0.3 is 28.7 Å². The molecule has 4 rings (SSSR count). The van der Waals surface area contributed by atoms with E-state index in [2.05, 4.69) is 23.7 Å². The van der Waals surface area contributed by atoms with Crippen molar-refractivity contribution in [3.8, 4) is 5.75 Å². The molecule has 13 heteroatoms. The molecule has 0 aromatic heterocycles. The zero-order valence-electron chi connectivity index (χ0n) is 25.1. The number of alkyl carbamates (subject to hydrolysis) is 1. The minimum Gasteiger partial charge on any atom is -0.780 e. The normalized spacial score (nSPS) is 36.4. The molecule has 1 aromatic rings. The molecule has 2 amide bonds. The monoisotopic (exact) mass is 609 g/mol. The fraction of sp³-hybridized carbons (Fsp3) is 0.679. The second-order valence-electron chi connectivity index (χ2n) is 12.3. The Kier molecular flexibility index (Phi) is 12.1. The van der Waals surface area contributed by atoms with Crippen LogP contribution in [0.3, 0.4) is 0 Å². The molecule has 0 radical (unpaired) electrons. The number of phosphoric ester groups is 1. The van der Waals surface area contributed by atoms with Crippen molar-refractivity contribution in [2.75, 3.05) is 0 Å². The average molecular weight is 610 g/mol. The molecule has 0 aliphatic heterocycles. The molecule has 3 saturated carbocycles. The van der Waals surface area contributed by atoms with Crippen LogP contribution in [0, 0.1) is 34.0 Å². The van der Waals surface area contributed by atoms with Crippen molar-refractivity contribution in [1.82, 2.24) is 5.32 Å². The van der Waals surface area contributed by atoms with Crippen molar-refractivity contribution in [3.05, 3.63) is 29.8 Å². The van der Waals surface area contributed by atoms with Crippen LogP contribution in [-0.4, -0.2) is 35.1 Å². The summed E-state index contributed by atoms with van der Waals surface area (Å²) in [6, 6.07) is 4.68. The number of rotatable bonds is 5. The van der Waals surface area contributed by atoms with E-state index in [-0.39, 0.29) is 99.4 Å². The number of carbonyl (C=O) groups excluding carboxylic acids is 3. The molecule has 41 heavy (non-hydrogen) atoms. The Bertz CT molecular complexity index is 1190. The standard InChI is InChI=1S/C28H40NO9P.2Na/c1-6-26(4)15-21(37-25(33)29-24(32)18-7-9-19(10-8-18)38-39(34,35)36)27(5)16(2)11-13-28(17(3)23(26)31)14-12-20(30)22(27)28;;/h7-10,16-17,21-23,31H,6,11-15H2,1-5H3,(H,29,32,33)(H2,34,35,36);;/q;2*+1/p-2/t16-,17+,21-,22-,23+,26-,27+,28+;;/m1../s1. The minimum atomic E-state index is -5.25. The third-order valence-electron chi connectivity index (χ3n) is 10.5. The van der Waals surface area contributed by atoms with Gasteiger partial charge in [-0.1, -0.05) is 34.6 Å². The van der Waals surface area contributed by atoms with Gasteiger partial charge in [-0.2, -0.15) is 0 Å². The molecule has 2 bridgehead atoms. The number of hydrogen-bond donors (Lipinski definition) is 2. The summed E-state index contributed by atoms with van der Waals surface area (Å²) in [5.74, 6) is -1.28. The van der Waals surface area contributed by atoms with E-state index >= 15 is 0 Å². The molecular formula is C28H38NNa2O9P. The van der Waals surface area contributed by atoms with Gasteiger partial charge in [0.05, 0.1) is 6.10 Å². The number of imide groups is 1. The first kappa shape index (κ1) is 36.9. The molecule has 0 unspecified atom stereocenters. The molecule has 3 aliphatic carbocycles. The van der Waals surface area contributed by atoms with Gasteiger partial charge in [-0.25, -0.2) is 4.79 Å². The SMILES string of the molecule is CC[C@]1(C)C[C@@H](OC(=O)NC(=O)c2ccc(OP(=O)([O-])[O-])cc2)[C@]2(C)[C@H](C)CC[C@]3(CCC(=O)[C@@H]32)[C@@H](C)[C@@H]1O.[Na+].[Na+]. The number of nitrogens with one attached hydrogen (secondary N) is 1. The van der Waals surface area contributed by atoms with Crippen molar-refractivity contribution in [2.45, 2.75) is 85.4 Å². The van der Waals surface area contributed by atoms with Crippen molar-refractivity contribution in [1.29, 1.82) is 0 Å². The molecule has 0 saturated heterocycles. The summed E-state index contributed by atoms with van der Waals surface area (Å²) in [5.41, 5.74) is -1.60. The number of hydrogen-bond acceptors (Lipinski definition) is 9. The summed E-state index contributed by atoms with van der Waals surface area (Å²) in [5, 5.41) is 13.9. The van der Waals surface area contributed by atoms with Crippen molar-refractivity contribution in [3.63, 3.8) is 0 Å². The molecule has 0 heterocycles. The Morgan fingerprint density at radius 1 is 1.12 bits per heavy atom. The Balaban J connectivity index is 0.00000294. The molecule has 216 valence electrons. The maximum atomic E-state index is 13.5. The van der Waals surface area contributed by atoms with Crippen LogP contribution in [0.4, 0.5) is 4.79 Å². The molecule has 2 N–H and O–H groups in total. The largest absolute Gasteiger partial charge is 1.00 e. The van der Waals surface area contributed by atoms with Gasteiger partial charge in [0.15, 0.2) is 0 Å². The van der Waals surface area contributed by atoms with Crippen molar-refractivity contribution >= 4 is 25.6 Å². The Morgan fingerprint density at radius 3 is 2.29 bits per heavy atom. The number of carbonyl (C=O) groups is 3. The van der Waals surface area contributed by atoms with E-state index in [4.69, 9.17) is 4.74 Å². The Labute approximate surface area is 285 Å². The molecule has 1 aromatic carbocycles. The zero-order chi connectivity index (χ0) is 29.0. The number of aliphatic hydroxyl groups excluding tert-OH is 1. The van der Waals surface area contributed by atoms with E-state index in [0.717, 1.165) is 25.0 Å². The number of ketones is 1. The number of amides is 2. The smallest absolute Gasteiger partial charge is 0.780 e. The van der Waals surface area contributed by atoms with E-state index in [1.807, 2.05) is 20.8 Å². The third kappa shape index (κ3) is 6.87. The Morgan fingerprint density at radius 2 is 1.73 bits per heavy atom. The number of ether oxygens (including phenoxy) is 1. The predicted octanol–water partition coefficient (Wildman–Crippen LogP) is -2.64. The summed E-state index contributed by atoms with van der Waals surface area (Å²) in [6.07, 6.45) is 1.44. The molecule has 8 atom stereocenters. The van der Waals surface area contributed by atoms with Crippen LogP contribution in [0.2, 0.25) is 0 Å². The van der Waals surface area contributed by atoms with Crippen LogP contribution < -0.4 is 78.7 Å². The fourth-order valence-corrected chi connectivity index (χ4v) is 8.21. The average Bonchev–Trinajstić information content (AvgIpc) is 3.22. The van der Waals surface area contributed by atoms with Crippen molar-refractivity contribution in [2.24, 2.45) is 34.0 Å². The van der Waals surface area contributed by atoms with Crippen LogP contribution in [0.5, 0.6) is 5.75 Å². The second-order valence-corrected chi connectivity index (χ2v) is 13.4. The van der Waals surface area contributed by atoms with E-state index in [0.29, 0.717) is 25.7 Å². The van der Waals surface area contributed by atoms with Crippen LogP contribution in [0.15, 0.2) is 24.3 Å². The van der Waals surface area contributed by atoms with Gasteiger partial charge in [0.2, 0.25) is 0 Å². The van der Waals surface area contributed by atoms with Crippen LogP contribution in [0.25, 0.3) is 0 Å². The quantitative estimate of drug-likeness (QED) is 0.268. The first-order valence-electron chi connectivity index (χ1n) is 13.6. The molecule has 10 nitrogen and oxygen atoms in total. The maximum Gasteiger partial charge on any atom is 1.00 e. The van der Waals surface area contributed by atoms with Crippen LogP contribution in [0.1, 0.15) is 83.5 Å². The summed E-state index contributed by atoms with van der Waals surface area (Å²) in [6.45, 7) is 10.2. The zero-order valence-corrected chi connectivity index (χ0v) is 30.0. The summed E-state index contributed by atoms with van der Waals surface area (Å²) < 4.78 is 21.1. The van der Waals surface area contributed by atoms with Gasteiger partial charge in [0, 0.05) is 23.3 Å². The molecule has 3 fully saturated rings. The van der Waals surface area contributed by atoms with Gasteiger partial charge in [-0.15, -0.1) is 0 Å². The fourth-order valence-electron chi connectivity index (χ4n) is 7.83. The topological polar surface area (TPSA) is 165 Å². The summed E-state index contributed by atoms with van der Waals surface area (Å²) in [4.78, 5) is 60.9. The second kappa shape index (κ2) is 13.4. The number of benzene rings is 1. The van der Waals surface area contributed by atoms with Gasteiger partial charge >= 0.3 is 65.2 Å². The molecule has 3 aliphatic rings. The number of aliphatic hydroxyl groups is 1. The predicted molar refractivity (Wildman–Crippen MR) is 137 cm³/mol. The molecule has 0 spiro atoms. The first-order valence-corrected chi connectivity index (χ1v) is 15.1. The van der Waals surface area contributed by atoms with Gasteiger partial charge in [0.1, 0.15) is 25.5 Å². The van der Waals surface area contributed by atoms with E-state index in [9.17, 15) is 33.8 Å². The molecular weight excluding hydrogens is 571 g/mol. The summed E-state index contributed by atoms with van der Waals surface area (Å²) >= 11 is 0. The van der Waals surface area contributed by atoms with Gasteiger partial charge in [-0.3, -0.25) is 14.9 Å². The first-order chi connectivity index (χ1) is 18.1. The summed E-state index contributed by atoms with van der Waals surface area (Å²) in [7, 11) is -5.25. The van der Waals surface area contributed by atoms with Gasteiger partial charge in [-0.05, 0) is 79.0 Å². The minimum absolute atomic E-state index is 0. The third-order valence-corrected chi connectivity index (χ3v) is 10.9. The van der Waals surface area contributed by atoms with E-state index < -0.39 is 42.9 Å². The van der Waals surface area contributed by atoms with E-state index in [1.165, 1.54) is 12.1 Å². The van der Waals surface area contributed by atoms with Crippen molar-refractivity contribution < 1.29 is 102 Å². The van der Waals surface area contributed by atoms with Crippen LogP contribution in [-0.2, 0) is 14.1 Å². The van der Waals surface area contributed by atoms with Crippen LogP contribution >= 0.6 is 7.82 Å². The van der Waals surface area contributed by atoms with E-state index in [1.54, 1.807) is 0 Å². The Hall–Kier alpha value is -0.260. The van der Waals surface area contributed by atoms with Gasteiger partial charge in [0.25, 0.3) is 5.91 Å². The number of phosphoric acid groups is 1.